The largest absolute Gasteiger partial charge is 0.476 e. The molecule has 6 rings (SSSR count). The summed E-state index contributed by atoms with van der Waals surface area (Å²) in [4.78, 5) is 11.4. The van der Waals surface area contributed by atoms with E-state index in [1.165, 1.54) is 6.42 Å². The molecular weight excluding hydrogens is 464 g/mol. The van der Waals surface area contributed by atoms with Crippen molar-refractivity contribution in [1.29, 1.82) is 5.26 Å². The molecule has 0 saturated carbocycles. The van der Waals surface area contributed by atoms with Gasteiger partial charge >= 0.3 is 0 Å². The third kappa shape index (κ3) is 3.57. The number of hydrogen-bond acceptors (Lipinski definition) is 8. The van der Waals surface area contributed by atoms with Crippen molar-refractivity contribution in [3.05, 3.63) is 51.4 Å². The summed E-state index contributed by atoms with van der Waals surface area (Å²) in [6.07, 6.45) is 6.65. The van der Waals surface area contributed by atoms with E-state index in [0.717, 1.165) is 67.5 Å². The number of benzene rings is 1. The molecular formula is C26H27ClN6O2. The molecule has 0 amide bonds. The van der Waals surface area contributed by atoms with Crippen molar-refractivity contribution in [2.45, 2.75) is 56.4 Å². The standard InChI is InChI=1S/C26H27ClN6O2/c1-33-11-3-4-16(33)14-34-21-12-20(27)30-25(31-21)23-17-5-2-9-26(24(17)35-32-23)10-8-15-6-7-19(29)18(13-28)22(15)26/h6-7,12,16H,2-5,8-11,14,29H2,1H3. The number of likely N-dealkylation sites (N-methyl/N-ethyl adjacent to an activating group) is 1. The Morgan fingerprint density at radius 3 is 2.97 bits per heavy atom. The molecule has 9 heteroatoms. The molecule has 0 radical (unpaired) electrons. The lowest BCUT2D eigenvalue weighted by atomic mass is 9.68. The summed E-state index contributed by atoms with van der Waals surface area (Å²) in [5.74, 6) is 1.65. The number of nitrogens with two attached hydrogens (primary N) is 1. The van der Waals surface area contributed by atoms with Crippen LogP contribution in [0.1, 0.15) is 60.1 Å². The van der Waals surface area contributed by atoms with Crippen LogP contribution in [0.4, 0.5) is 5.69 Å². The normalized spacial score (nSPS) is 23.3. The van der Waals surface area contributed by atoms with Crippen LogP contribution in [0.3, 0.4) is 0 Å². The highest BCUT2D eigenvalue weighted by Crippen LogP contribution is 2.54. The molecule has 1 fully saturated rings. The lowest BCUT2D eigenvalue weighted by molar-refractivity contribution is 0.193. The first-order valence-corrected chi connectivity index (χ1v) is 12.6. The van der Waals surface area contributed by atoms with Crippen LogP contribution in [0.25, 0.3) is 11.5 Å². The fourth-order valence-electron chi connectivity index (χ4n) is 6.21. The summed E-state index contributed by atoms with van der Waals surface area (Å²) in [5.41, 5.74) is 10.6. The fourth-order valence-corrected chi connectivity index (χ4v) is 6.38. The molecule has 2 atom stereocenters. The second-order valence-electron chi connectivity index (χ2n) is 9.89. The summed E-state index contributed by atoms with van der Waals surface area (Å²) in [7, 11) is 2.11. The Labute approximate surface area is 209 Å². The van der Waals surface area contributed by atoms with Crippen molar-refractivity contribution in [3.8, 4) is 23.5 Å². The minimum absolute atomic E-state index is 0.304. The SMILES string of the molecule is CN1CCCC1COc1cc(Cl)nc(-c2noc3c2CCCC32CCc3ccc(N)c(C#N)c32)n1. The van der Waals surface area contributed by atoms with E-state index in [-0.39, 0.29) is 0 Å². The number of nitriles is 1. The first-order chi connectivity index (χ1) is 17.0. The van der Waals surface area contributed by atoms with Crippen LogP contribution in [0, 0.1) is 11.3 Å². The van der Waals surface area contributed by atoms with Crippen LogP contribution in [-0.2, 0) is 18.3 Å². The molecule has 2 aromatic heterocycles. The Morgan fingerprint density at radius 2 is 2.17 bits per heavy atom. The van der Waals surface area contributed by atoms with Gasteiger partial charge in [0.15, 0.2) is 17.3 Å². The molecule has 1 aliphatic heterocycles. The first-order valence-electron chi connectivity index (χ1n) is 12.2. The molecule has 8 nitrogen and oxygen atoms in total. The van der Waals surface area contributed by atoms with Gasteiger partial charge in [0.25, 0.3) is 0 Å². The molecule has 1 spiro atoms. The van der Waals surface area contributed by atoms with Crippen LogP contribution in [0.5, 0.6) is 5.88 Å². The minimum atomic E-state index is -0.403. The molecule has 1 saturated heterocycles. The van der Waals surface area contributed by atoms with Crippen molar-refractivity contribution < 1.29 is 9.26 Å². The Kier molecular flexibility index (Phi) is 5.42. The number of anilines is 1. The van der Waals surface area contributed by atoms with E-state index in [2.05, 4.69) is 33.1 Å². The van der Waals surface area contributed by atoms with Crippen LogP contribution in [0.2, 0.25) is 5.15 Å². The molecule has 2 N–H and O–H groups in total. The highest BCUT2D eigenvalue weighted by molar-refractivity contribution is 6.29. The van der Waals surface area contributed by atoms with Crippen molar-refractivity contribution in [3.63, 3.8) is 0 Å². The number of rotatable bonds is 4. The van der Waals surface area contributed by atoms with E-state index in [1.807, 2.05) is 12.1 Å². The van der Waals surface area contributed by atoms with E-state index in [9.17, 15) is 5.26 Å². The zero-order chi connectivity index (χ0) is 24.2. The number of fused-ring (bicyclic) bond motifs is 4. The van der Waals surface area contributed by atoms with Gasteiger partial charge in [-0.15, -0.1) is 0 Å². The fraction of sp³-hybridized carbons (Fsp3) is 0.462. The molecule has 2 aliphatic carbocycles. The number of ether oxygens (including phenoxy) is 1. The van der Waals surface area contributed by atoms with Gasteiger partial charge < -0.3 is 19.9 Å². The summed E-state index contributed by atoms with van der Waals surface area (Å²) in [5, 5.41) is 14.6. The van der Waals surface area contributed by atoms with Gasteiger partial charge in [0, 0.05) is 23.4 Å². The number of aryl methyl sites for hydroxylation is 1. The quantitative estimate of drug-likeness (QED) is 0.425. The van der Waals surface area contributed by atoms with Gasteiger partial charge in [-0.1, -0.05) is 22.8 Å². The van der Waals surface area contributed by atoms with Crippen molar-refractivity contribution >= 4 is 17.3 Å². The topological polar surface area (TPSA) is 114 Å². The number of likely N-dealkylation sites (tertiary alicyclic amines) is 1. The number of nitrogens with zero attached hydrogens (tertiary/aromatic N) is 5. The lowest BCUT2D eigenvalue weighted by Gasteiger charge is -2.33. The summed E-state index contributed by atoms with van der Waals surface area (Å²) in [6, 6.07) is 8.22. The molecule has 2 unspecified atom stereocenters. The second kappa shape index (κ2) is 8.51. The van der Waals surface area contributed by atoms with Crippen LogP contribution < -0.4 is 10.5 Å². The predicted octanol–water partition coefficient (Wildman–Crippen LogP) is 4.28. The number of nitrogen functional groups attached to an aromatic ring is 1. The molecule has 0 bridgehead atoms. The van der Waals surface area contributed by atoms with Gasteiger partial charge in [-0.25, -0.2) is 4.98 Å². The van der Waals surface area contributed by atoms with Crippen LogP contribution in [-0.4, -0.2) is 46.3 Å². The number of hydrogen-bond donors (Lipinski definition) is 1. The highest BCUT2D eigenvalue weighted by Gasteiger charge is 2.49. The minimum Gasteiger partial charge on any atom is -0.476 e. The maximum Gasteiger partial charge on any atom is 0.218 e. The molecule has 3 aliphatic rings. The molecule has 1 aromatic carbocycles. The Balaban J connectivity index is 1.38. The predicted molar refractivity (Wildman–Crippen MR) is 131 cm³/mol. The maximum atomic E-state index is 9.91. The smallest absolute Gasteiger partial charge is 0.218 e. The average molecular weight is 491 g/mol. The average Bonchev–Trinajstić information content (AvgIpc) is 3.56. The van der Waals surface area contributed by atoms with Crippen molar-refractivity contribution in [2.24, 2.45) is 0 Å². The van der Waals surface area contributed by atoms with Crippen LogP contribution >= 0.6 is 11.6 Å². The van der Waals surface area contributed by atoms with E-state index in [4.69, 9.17) is 26.6 Å². The zero-order valence-electron chi connectivity index (χ0n) is 19.7. The Bertz CT molecular complexity index is 1350. The lowest BCUT2D eigenvalue weighted by Crippen LogP contribution is -2.30. The first kappa shape index (κ1) is 22.3. The molecule has 3 heterocycles. The number of aromatic nitrogens is 3. The third-order valence-electron chi connectivity index (χ3n) is 7.97. The van der Waals surface area contributed by atoms with Gasteiger partial charge in [-0.3, -0.25) is 0 Å². The Morgan fingerprint density at radius 1 is 1.29 bits per heavy atom. The Hall–Kier alpha value is -3.15. The summed E-state index contributed by atoms with van der Waals surface area (Å²) >= 11 is 6.37. The summed E-state index contributed by atoms with van der Waals surface area (Å²) < 4.78 is 12.1. The molecule has 3 aromatic rings. The van der Waals surface area contributed by atoms with E-state index in [0.29, 0.717) is 46.5 Å². The molecule has 180 valence electrons. The van der Waals surface area contributed by atoms with Gasteiger partial charge in [0.05, 0.1) is 11.0 Å². The maximum absolute atomic E-state index is 9.91. The van der Waals surface area contributed by atoms with Gasteiger partial charge in [0.2, 0.25) is 5.88 Å². The zero-order valence-corrected chi connectivity index (χ0v) is 20.4. The van der Waals surface area contributed by atoms with Gasteiger partial charge in [0.1, 0.15) is 17.8 Å². The number of halogens is 1. The third-order valence-corrected chi connectivity index (χ3v) is 8.16. The van der Waals surface area contributed by atoms with Crippen molar-refractivity contribution in [2.75, 3.05) is 25.9 Å². The van der Waals surface area contributed by atoms with Gasteiger partial charge in [-0.05, 0) is 75.7 Å². The summed E-state index contributed by atoms with van der Waals surface area (Å²) in [6.45, 7) is 1.64. The van der Waals surface area contributed by atoms with E-state index in [1.54, 1.807) is 6.07 Å². The van der Waals surface area contributed by atoms with Crippen molar-refractivity contribution in [1.82, 2.24) is 20.0 Å². The molecule has 35 heavy (non-hydrogen) atoms. The van der Waals surface area contributed by atoms with Crippen LogP contribution in [0.15, 0.2) is 22.7 Å². The second-order valence-corrected chi connectivity index (χ2v) is 10.3. The monoisotopic (exact) mass is 490 g/mol. The van der Waals surface area contributed by atoms with E-state index < -0.39 is 5.41 Å². The van der Waals surface area contributed by atoms with E-state index >= 15 is 0 Å². The van der Waals surface area contributed by atoms with Gasteiger partial charge in [-0.2, -0.15) is 10.2 Å². The highest BCUT2D eigenvalue weighted by atomic mass is 35.5.